The van der Waals surface area contributed by atoms with Crippen LogP contribution in [0.1, 0.15) is 0 Å². The van der Waals surface area contributed by atoms with Crippen LogP contribution < -0.4 is 10.5 Å². The average molecular weight is 303 g/mol. The predicted molar refractivity (Wildman–Crippen MR) is 80.2 cm³/mol. The van der Waals surface area contributed by atoms with Crippen molar-refractivity contribution >= 4 is 32.4 Å². The number of sulfonamides is 1. The summed E-state index contributed by atoms with van der Waals surface area (Å²) < 4.78 is 28.7. The molecule has 0 spiro atoms. The van der Waals surface area contributed by atoms with Gasteiger partial charge in [0.1, 0.15) is 4.90 Å². The molecule has 0 unspecified atom stereocenters. The number of hydrogen-bond acceptors (Lipinski definition) is 5. The molecule has 2 heterocycles. The summed E-state index contributed by atoms with van der Waals surface area (Å²) in [5.74, 6) is -0.0386. The monoisotopic (exact) mass is 303 g/mol. The van der Waals surface area contributed by atoms with Gasteiger partial charge in [-0.1, -0.05) is 6.07 Å². The van der Waals surface area contributed by atoms with Crippen molar-refractivity contribution in [3.63, 3.8) is 0 Å². The molecule has 0 radical (unpaired) electrons. The first-order chi connectivity index (χ1) is 9.97. The second-order valence-electron chi connectivity index (χ2n) is 4.53. The smallest absolute Gasteiger partial charge is 0.267 e. The van der Waals surface area contributed by atoms with Crippen LogP contribution in [0, 0.1) is 0 Å². The molecular weight excluding hydrogens is 290 g/mol. The number of benzene rings is 1. The zero-order chi connectivity index (χ0) is 15.0. The number of nitrogens with zero attached hydrogens (tertiary/aromatic N) is 3. The van der Waals surface area contributed by atoms with Crippen molar-refractivity contribution in [3.8, 4) is 0 Å². The van der Waals surface area contributed by atoms with Crippen molar-refractivity contribution in [1.29, 1.82) is 0 Å². The first-order valence-electron chi connectivity index (χ1n) is 6.13. The number of hydrogen-bond donors (Lipinski definition) is 2. The van der Waals surface area contributed by atoms with E-state index in [0.717, 1.165) is 0 Å². The predicted octanol–water partition coefficient (Wildman–Crippen LogP) is 1.35. The molecule has 0 aliphatic heterocycles. The first-order valence-corrected chi connectivity index (χ1v) is 7.61. The summed E-state index contributed by atoms with van der Waals surface area (Å²) in [6.07, 6.45) is 3.01. The summed E-state index contributed by atoms with van der Waals surface area (Å²) in [5.41, 5.74) is 6.78. The summed E-state index contributed by atoms with van der Waals surface area (Å²) in [5, 5.41) is 4.56. The fourth-order valence-electron chi connectivity index (χ4n) is 2.08. The van der Waals surface area contributed by atoms with Gasteiger partial charge < -0.3 is 5.73 Å². The Morgan fingerprint density at radius 2 is 2.05 bits per heavy atom. The molecule has 3 rings (SSSR count). The van der Waals surface area contributed by atoms with Crippen molar-refractivity contribution in [1.82, 2.24) is 14.8 Å². The summed E-state index contributed by atoms with van der Waals surface area (Å²) >= 11 is 0. The lowest BCUT2D eigenvalue weighted by Crippen LogP contribution is -2.14. The van der Waals surface area contributed by atoms with Crippen LogP contribution in [0.5, 0.6) is 0 Å². The van der Waals surface area contributed by atoms with Crippen LogP contribution in [0.4, 0.5) is 11.5 Å². The summed E-state index contributed by atoms with van der Waals surface area (Å²) in [7, 11) is -2.19. The summed E-state index contributed by atoms with van der Waals surface area (Å²) in [6, 6.07) is 8.77. The highest BCUT2D eigenvalue weighted by Gasteiger charge is 2.21. The highest BCUT2D eigenvalue weighted by atomic mass is 32.2. The quantitative estimate of drug-likeness (QED) is 0.760. The Kier molecular flexibility index (Phi) is 3.02. The number of fused-ring (bicyclic) bond motifs is 1. The average Bonchev–Trinajstić information content (AvgIpc) is 2.79. The van der Waals surface area contributed by atoms with Gasteiger partial charge in [-0.25, -0.2) is 8.42 Å². The molecule has 0 saturated carbocycles. The van der Waals surface area contributed by atoms with Gasteiger partial charge >= 0.3 is 0 Å². The molecule has 21 heavy (non-hydrogen) atoms. The largest absolute Gasteiger partial charge is 0.381 e. The van der Waals surface area contributed by atoms with Crippen LogP contribution in [0.15, 0.2) is 47.6 Å². The number of nitrogens with two attached hydrogens (primary N) is 1. The fourth-order valence-corrected chi connectivity index (χ4v) is 3.27. The van der Waals surface area contributed by atoms with Crippen molar-refractivity contribution < 1.29 is 8.42 Å². The van der Waals surface area contributed by atoms with E-state index in [2.05, 4.69) is 14.8 Å². The van der Waals surface area contributed by atoms with E-state index in [9.17, 15) is 8.42 Å². The van der Waals surface area contributed by atoms with Crippen LogP contribution in [0.25, 0.3) is 10.9 Å². The Morgan fingerprint density at radius 3 is 2.76 bits per heavy atom. The van der Waals surface area contributed by atoms with E-state index in [1.165, 1.54) is 10.9 Å². The van der Waals surface area contributed by atoms with E-state index < -0.39 is 10.0 Å². The number of aromatic nitrogens is 3. The van der Waals surface area contributed by atoms with Crippen molar-refractivity contribution in [3.05, 3.63) is 42.7 Å². The third kappa shape index (κ3) is 2.40. The molecule has 0 atom stereocenters. The number of pyridine rings is 1. The minimum atomic E-state index is -3.80. The molecule has 8 heteroatoms. The molecule has 0 saturated heterocycles. The van der Waals surface area contributed by atoms with Gasteiger partial charge in [-0.15, -0.1) is 0 Å². The van der Waals surface area contributed by atoms with Gasteiger partial charge in [0.25, 0.3) is 10.0 Å². The Morgan fingerprint density at radius 1 is 1.24 bits per heavy atom. The fraction of sp³-hybridized carbons (Fsp3) is 0.0769. The molecule has 7 nitrogen and oxygen atoms in total. The Hall–Kier alpha value is -2.61. The van der Waals surface area contributed by atoms with Crippen molar-refractivity contribution in [2.24, 2.45) is 7.05 Å². The Labute approximate surface area is 121 Å². The molecule has 0 amide bonds. The zero-order valence-corrected chi connectivity index (χ0v) is 12.0. The second-order valence-corrected chi connectivity index (χ2v) is 6.18. The number of nitrogens with one attached hydrogen (secondary N) is 1. The SMILES string of the molecule is Cn1cc(S(=O)(=O)Nc2cccc3ncccc23)c(N)n1. The van der Waals surface area contributed by atoms with Gasteiger partial charge in [0.05, 0.1) is 11.2 Å². The maximum atomic E-state index is 12.4. The molecular formula is C13H13N5O2S. The Bertz CT molecular complexity index is 912. The van der Waals surface area contributed by atoms with E-state index in [1.54, 1.807) is 37.5 Å². The minimum absolute atomic E-state index is 0.0386. The van der Waals surface area contributed by atoms with Gasteiger partial charge in [-0.3, -0.25) is 14.4 Å². The maximum Gasteiger partial charge on any atom is 0.267 e. The molecule has 0 bridgehead atoms. The molecule has 0 fully saturated rings. The first kappa shape index (κ1) is 13.4. The third-order valence-corrected chi connectivity index (χ3v) is 4.38. The molecule has 0 aliphatic carbocycles. The summed E-state index contributed by atoms with van der Waals surface area (Å²) in [4.78, 5) is 4.14. The van der Waals surface area contributed by atoms with Crippen LogP contribution in [-0.4, -0.2) is 23.2 Å². The zero-order valence-electron chi connectivity index (χ0n) is 11.2. The third-order valence-electron chi connectivity index (χ3n) is 3.00. The summed E-state index contributed by atoms with van der Waals surface area (Å²) in [6.45, 7) is 0. The molecule has 0 aliphatic rings. The van der Waals surface area contributed by atoms with Crippen molar-refractivity contribution in [2.45, 2.75) is 4.90 Å². The van der Waals surface area contributed by atoms with E-state index in [4.69, 9.17) is 5.73 Å². The van der Waals surface area contributed by atoms with Gasteiger partial charge in [0.15, 0.2) is 5.82 Å². The lowest BCUT2D eigenvalue weighted by molar-refractivity contribution is 0.601. The molecule has 3 N–H and O–H groups in total. The van der Waals surface area contributed by atoms with E-state index in [-0.39, 0.29) is 10.7 Å². The lowest BCUT2D eigenvalue weighted by atomic mass is 10.2. The van der Waals surface area contributed by atoms with Crippen LogP contribution >= 0.6 is 0 Å². The standard InChI is InChI=1S/C13H13N5O2S/c1-18-8-12(13(14)16-18)21(19,20)17-11-6-2-5-10-9(11)4-3-7-15-10/h2-8,17H,1H3,(H2,14,16). The van der Waals surface area contributed by atoms with Crippen LogP contribution in [-0.2, 0) is 17.1 Å². The second kappa shape index (κ2) is 4.74. The minimum Gasteiger partial charge on any atom is -0.381 e. The van der Waals surface area contributed by atoms with E-state index in [0.29, 0.717) is 16.6 Å². The normalized spacial score (nSPS) is 11.7. The van der Waals surface area contributed by atoms with Crippen LogP contribution in [0.3, 0.4) is 0 Å². The molecule has 108 valence electrons. The lowest BCUT2D eigenvalue weighted by Gasteiger charge is -2.09. The topological polar surface area (TPSA) is 103 Å². The highest BCUT2D eigenvalue weighted by molar-refractivity contribution is 7.92. The molecule has 1 aromatic carbocycles. The number of nitrogen functional groups attached to an aromatic ring is 1. The number of anilines is 2. The number of rotatable bonds is 3. The van der Waals surface area contributed by atoms with Crippen LogP contribution in [0.2, 0.25) is 0 Å². The Balaban J connectivity index is 2.08. The molecule has 3 aromatic rings. The number of aryl methyl sites for hydroxylation is 1. The molecule has 2 aromatic heterocycles. The van der Waals surface area contributed by atoms with Crippen molar-refractivity contribution in [2.75, 3.05) is 10.5 Å². The van der Waals surface area contributed by atoms with Gasteiger partial charge in [0.2, 0.25) is 0 Å². The highest BCUT2D eigenvalue weighted by Crippen LogP contribution is 2.25. The van der Waals surface area contributed by atoms with E-state index >= 15 is 0 Å². The van der Waals surface area contributed by atoms with Gasteiger partial charge in [-0.05, 0) is 24.3 Å². The van der Waals surface area contributed by atoms with Gasteiger partial charge in [0, 0.05) is 24.8 Å². The van der Waals surface area contributed by atoms with Gasteiger partial charge in [-0.2, -0.15) is 5.10 Å². The van der Waals surface area contributed by atoms with E-state index in [1.807, 2.05) is 6.07 Å². The maximum absolute atomic E-state index is 12.4.